The molecule has 4 aromatic rings. The second kappa shape index (κ2) is 10.4. The maximum atomic E-state index is 15.1. The van der Waals surface area contributed by atoms with Gasteiger partial charge in [-0.2, -0.15) is 19.1 Å². The number of primary amides is 1. The number of hydrogen-bond acceptors (Lipinski definition) is 5. The smallest absolute Gasteiger partial charge is 0.293 e. The lowest BCUT2D eigenvalue weighted by Crippen LogP contribution is -2.24. The van der Waals surface area contributed by atoms with Crippen molar-refractivity contribution in [2.45, 2.75) is 43.6 Å². The number of nitriles is 1. The molecule has 2 aliphatic carbocycles. The summed E-state index contributed by atoms with van der Waals surface area (Å²) < 4.78 is 73.4. The van der Waals surface area contributed by atoms with Crippen LogP contribution in [0.25, 0.3) is 11.1 Å². The molecule has 2 heterocycles. The van der Waals surface area contributed by atoms with Gasteiger partial charge in [-0.15, -0.1) is 0 Å². The van der Waals surface area contributed by atoms with E-state index in [4.69, 9.17) is 5.73 Å². The number of alkyl halides is 2. The number of hydrogen-bond donors (Lipinski definition) is 1. The van der Waals surface area contributed by atoms with Crippen LogP contribution in [-0.2, 0) is 23.7 Å². The number of rotatable bonds is 9. The average molecular weight is 592 g/mol. The number of ketones is 1. The van der Waals surface area contributed by atoms with Crippen molar-refractivity contribution in [2.24, 2.45) is 11.7 Å². The molecule has 6 rings (SSSR count). The summed E-state index contributed by atoms with van der Waals surface area (Å²) in [6, 6.07) is 11.7. The average Bonchev–Trinajstić information content (AvgIpc) is 3.61. The number of carbonyl (C=O) groups is 2. The zero-order valence-electron chi connectivity index (χ0n) is 22.3. The molecule has 0 radical (unpaired) electrons. The first-order chi connectivity index (χ1) is 20.5. The van der Waals surface area contributed by atoms with Gasteiger partial charge in [0.15, 0.2) is 11.5 Å². The highest BCUT2D eigenvalue weighted by molar-refractivity contribution is 5.94. The third-order valence-corrected chi connectivity index (χ3v) is 8.01. The molecule has 0 spiro atoms. The fourth-order valence-corrected chi connectivity index (χ4v) is 6.12. The molecule has 43 heavy (non-hydrogen) atoms. The minimum Gasteiger partial charge on any atom is -0.366 e. The van der Waals surface area contributed by atoms with Crippen molar-refractivity contribution >= 4 is 11.7 Å². The van der Waals surface area contributed by atoms with Crippen LogP contribution in [-0.4, -0.2) is 26.5 Å². The molecular weight excluding hydrogens is 569 g/mol. The number of benzene rings is 2. The SMILES string of the molecule is N#Cc1nn(CC(=O)C[C@@H](Cc2cc(F)cc(F)c2)c2ncccc2-c2ccc(F)c(C(N)=O)c2)c2c1C1CC1C2(F)F. The molecule has 2 aromatic carbocycles. The molecule has 0 bridgehead atoms. The summed E-state index contributed by atoms with van der Waals surface area (Å²) in [6.45, 7) is -0.558. The van der Waals surface area contributed by atoms with Crippen LogP contribution in [0.1, 0.15) is 63.2 Å². The molecule has 0 aliphatic heterocycles. The molecule has 3 atom stereocenters. The van der Waals surface area contributed by atoms with Gasteiger partial charge in [-0.1, -0.05) is 12.1 Å². The first kappa shape index (κ1) is 28.2. The van der Waals surface area contributed by atoms with E-state index in [1.807, 2.05) is 6.07 Å². The highest BCUT2D eigenvalue weighted by Gasteiger charge is 2.66. The topological polar surface area (TPSA) is 115 Å². The predicted octanol–water partition coefficient (Wildman–Crippen LogP) is 5.53. The van der Waals surface area contributed by atoms with Gasteiger partial charge >= 0.3 is 0 Å². The highest BCUT2D eigenvalue weighted by Crippen LogP contribution is 2.67. The van der Waals surface area contributed by atoms with Gasteiger partial charge in [0.25, 0.3) is 11.8 Å². The van der Waals surface area contributed by atoms with Crippen molar-refractivity contribution in [3.63, 3.8) is 0 Å². The lowest BCUT2D eigenvalue weighted by molar-refractivity contribution is -0.120. The number of pyridine rings is 1. The number of halogens is 5. The lowest BCUT2D eigenvalue weighted by Gasteiger charge is -2.21. The maximum Gasteiger partial charge on any atom is 0.293 e. The van der Waals surface area contributed by atoms with E-state index >= 15 is 8.78 Å². The maximum absolute atomic E-state index is 15.1. The van der Waals surface area contributed by atoms with Crippen LogP contribution in [0.3, 0.4) is 0 Å². The molecule has 1 fully saturated rings. The van der Waals surface area contributed by atoms with Crippen LogP contribution in [0.5, 0.6) is 0 Å². The Morgan fingerprint density at radius 3 is 2.56 bits per heavy atom. The van der Waals surface area contributed by atoms with E-state index in [1.165, 1.54) is 18.3 Å². The molecule has 2 N–H and O–H groups in total. The van der Waals surface area contributed by atoms with Crippen LogP contribution >= 0.6 is 0 Å². The molecular formula is C31H22F5N5O2. The minimum absolute atomic E-state index is 0.0741. The fraction of sp³-hybridized carbons (Fsp3) is 0.258. The monoisotopic (exact) mass is 591 g/mol. The van der Waals surface area contributed by atoms with E-state index in [-0.39, 0.29) is 47.3 Å². The lowest BCUT2D eigenvalue weighted by atomic mass is 9.86. The molecule has 1 amide bonds. The van der Waals surface area contributed by atoms with Crippen LogP contribution < -0.4 is 5.73 Å². The molecule has 2 unspecified atom stereocenters. The normalized spacial score (nSPS) is 18.4. The van der Waals surface area contributed by atoms with Crippen LogP contribution in [0, 0.1) is 34.7 Å². The van der Waals surface area contributed by atoms with Gasteiger partial charge in [-0.3, -0.25) is 19.3 Å². The molecule has 7 nitrogen and oxygen atoms in total. The number of amides is 1. The first-order valence-corrected chi connectivity index (χ1v) is 13.4. The van der Waals surface area contributed by atoms with Crippen LogP contribution in [0.4, 0.5) is 22.0 Å². The molecule has 0 saturated heterocycles. The zero-order chi connectivity index (χ0) is 30.6. The van der Waals surface area contributed by atoms with E-state index in [2.05, 4.69) is 10.1 Å². The molecule has 2 aliphatic rings. The Labute approximate surface area is 241 Å². The second-order valence-electron chi connectivity index (χ2n) is 10.9. The Hall–Kier alpha value is -4.92. The summed E-state index contributed by atoms with van der Waals surface area (Å²) >= 11 is 0. The van der Waals surface area contributed by atoms with Gasteiger partial charge in [0, 0.05) is 41.6 Å². The minimum atomic E-state index is -3.23. The Balaban J connectivity index is 1.37. The Kier molecular flexibility index (Phi) is 6.83. The number of nitrogens with zero attached hydrogens (tertiary/aromatic N) is 4. The number of nitrogens with two attached hydrogens (primary N) is 1. The van der Waals surface area contributed by atoms with Crippen molar-refractivity contribution in [1.29, 1.82) is 5.26 Å². The Bertz CT molecular complexity index is 1830. The first-order valence-electron chi connectivity index (χ1n) is 13.4. The summed E-state index contributed by atoms with van der Waals surface area (Å²) in [5, 5.41) is 13.5. The van der Waals surface area contributed by atoms with Crippen LogP contribution in [0.2, 0.25) is 0 Å². The number of fused-ring (bicyclic) bond motifs is 3. The summed E-state index contributed by atoms with van der Waals surface area (Å²) in [7, 11) is 0. The fourth-order valence-electron chi connectivity index (χ4n) is 6.12. The van der Waals surface area contributed by atoms with Crippen molar-refractivity contribution in [3.05, 3.63) is 106 Å². The van der Waals surface area contributed by atoms with E-state index in [0.717, 1.165) is 22.9 Å². The standard InChI is InChI=1S/C31H22F5N5O2/c32-18-7-15(8-19(33)11-18)6-17(28-21(2-1-5-39-28)16-3-4-25(34)23(10-16)30(38)43)9-20(42)14-41-29-27(26(13-37)40-41)22-12-24(22)31(29,35)36/h1-5,7-8,10-11,17,22,24H,6,9,12,14H2,(H2,38,43)/t17-,22?,24?/m1/s1. The van der Waals surface area contributed by atoms with E-state index in [0.29, 0.717) is 17.2 Å². The molecule has 2 aromatic heterocycles. The molecule has 12 heteroatoms. The number of aromatic nitrogens is 3. The third-order valence-electron chi connectivity index (χ3n) is 8.01. The van der Waals surface area contributed by atoms with Crippen molar-refractivity contribution < 1.29 is 31.5 Å². The zero-order valence-corrected chi connectivity index (χ0v) is 22.3. The van der Waals surface area contributed by atoms with E-state index < -0.39 is 65.1 Å². The van der Waals surface area contributed by atoms with Gasteiger partial charge < -0.3 is 5.73 Å². The number of carbonyl (C=O) groups excluding carboxylic acids is 2. The molecule has 218 valence electrons. The highest BCUT2D eigenvalue weighted by atomic mass is 19.3. The second-order valence-corrected chi connectivity index (χ2v) is 10.9. The van der Waals surface area contributed by atoms with Crippen molar-refractivity contribution in [3.8, 4) is 17.2 Å². The predicted molar refractivity (Wildman–Crippen MR) is 142 cm³/mol. The summed E-state index contributed by atoms with van der Waals surface area (Å²) in [6.07, 6.45) is 1.31. The van der Waals surface area contributed by atoms with E-state index in [9.17, 15) is 28.0 Å². The largest absolute Gasteiger partial charge is 0.366 e. The van der Waals surface area contributed by atoms with Crippen molar-refractivity contribution in [1.82, 2.24) is 14.8 Å². The van der Waals surface area contributed by atoms with E-state index in [1.54, 1.807) is 12.1 Å². The van der Waals surface area contributed by atoms with Gasteiger partial charge in [0.1, 0.15) is 35.8 Å². The quantitative estimate of drug-likeness (QED) is 0.257. The van der Waals surface area contributed by atoms with Crippen molar-refractivity contribution in [2.75, 3.05) is 0 Å². The summed E-state index contributed by atoms with van der Waals surface area (Å²) in [5.41, 5.74) is 5.83. The third kappa shape index (κ3) is 5.05. The van der Waals surface area contributed by atoms with Crippen LogP contribution in [0.15, 0.2) is 54.7 Å². The Morgan fingerprint density at radius 1 is 1.12 bits per heavy atom. The number of Topliss-reactive ketones (excluding diaryl/α,β-unsaturated/α-hetero) is 1. The summed E-state index contributed by atoms with van der Waals surface area (Å²) in [5.74, 6) is -9.47. The van der Waals surface area contributed by atoms with Gasteiger partial charge in [0.2, 0.25) is 0 Å². The summed E-state index contributed by atoms with van der Waals surface area (Å²) in [4.78, 5) is 29.7. The molecule has 1 saturated carbocycles. The van der Waals surface area contributed by atoms with Gasteiger partial charge in [-0.25, -0.2) is 13.2 Å². The van der Waals surface area contributed by atoms with Gasteiger partial charge in [-0.05, 0) is 60.2 Å². The van der Waals surface area contributed by atoms with Gasteiger partial charge in [0.05, 0.1) is 11.3 Å². The Morgan fingerprint density at radius 2 is 1.86 bits per heavy atom.